The third-order valence-corrected chi connectivity index (χ3v) is 4.34. The lowest BCUT2D eigenvalue weighted by atomic mass is 9.91. The maximum Gasteiger partial charge on any atom is 0.328 e. The fourth-order valence-electron chi connectivity index (χ4n) is 2.80. The first-order valence-electron chi connectivity index (χ1n) is 7.92. The van der Waals surface area contributed by atoms with Gasteiger partial charge >= 0.3 is 5.97 Å². The van der Waals surface area contributed by atoms with Gasteiger partial charge < -0.3 is 21.1 Å². The molecule has 23 heavy (non-hydrogen) atoms. The topological polar surface area (TPSA) is 111 Å². The number of carbonyl (C=O) groups is 3. The highest BCUT2D eigenvalue weighted by molar-refractivity contribution is 5.88. The molecule has 8 heteroatoms. The van der Waals surface area contributed by atoms with Crippen molar-refractivity contribution in [1.82, 2.24) is 10.6 Å². The lowest BCUT2D eigenvalue weighted by Gasteiger charge is -2.26. The molecule has 0 bridgehead atoms. The van der Waals surface area contributed by atoms with Crippen LogP contribution < -0.4 is 16.4 Å². The Kier molecular flexibility index (Phi) is 7.78. The van der Waals surface area contributed by atoms with E-state index < -0.39 is 18.1 Å². The molecule has 2 aliphatic rings. The predicted molar refractivity (Wildman–Crippen MR) is 86.9 cm³/mol. The number of hydrogen-bond donors (Lipinski definition) is 3. The molecular formula is C15H26ClN3O4. The van der Waals surface area contributed by atoms with Crippen LogP contribution in [0.4, 0.5) is 0 Å². The highest BCUT2D eigenvalue weighted by Crippen LogP contribution is 2.33. The van der Waals surface area contributed by atoms with Gasteiger partial charge in [0, 0.05) is 12.5 Å². The number of methoxy groups -OCH3 is 1. The smallest absolute Gasteiger partial charge is 0.328 e. The molecule has 0 aromatic heterocycles. The van der Waals surface area contributed by atoms with Crippen molar-refractivity contribution in [3.63, 3.8) is 0 Å². The zero-order valence-electron chi connectivity index (χ0n) is 13.4. The molecule has 7 nitrogen and oxygen atoms in total. The molecule has 0 aromatic carbocycles. The van der Waals surface area contributed by atoms with E-state index in [-0.39, 0.29) is 36.6 Å². The third-order valence-electron chi connectivity index (χ3n) is 4.34. The summed E-state index contributed by atoms with van der Waals surface area (Å²) >= 11 is 0. The molecule has 3 atom stereocenters. The minimum Gasteiger partial charge on any atom is -0.467 e. The van der Waals surface area contributed by atoms with Crippen LogP contribution in [0.1, 0.15) is 38.5 Å². The number of carbonyl (C=O) groups excluding carboxylic acids is 3. The summed E-state index contributed by atoms with van der Waals surface area (Å²) in [5, 5.41) is 5.43. The molecule has 1 aliphatic carbocycles. The number of halogens is 1. The Balaban J connectivity index is 0.00000264. The first kappa shape index (κ1) is 19.7. The molecule has 4 N–H and O–H groups in total. The molecule has 1 aliphatic heterocycles. The Labute approximate surface area is 142 Å². The van der Waals surface area contributed by atoms with E-state index in [9.17, 15) is 14.4 Å². The number of esters is 1. The summed E-state index contributed by atoms with van der Waals surface area (Å²) in [6.07, 6.45) is 4.71. The van der Waals surface area contributed by atoms with Gasteiger partial charge in [-0.25, -0.2) is 4.79 Å². The van der Waals surface area contributed by atoms with Crippen molar-refractivity contribution < 1.29 is 19.1 Å². The van der Waals surface area contributed by atoms with Gasteiger partial charge in [-0.05, 0) is 31.6 Å². The Morgan fingerprint density at radius 1 is 1.35 bits per heavy atom. The van der Waals surface area contributed by atoms with Crippen molar-refractivity contribution >= 4 is 30.2 Å². The Bertz CT molecular complexity index is 442. The molecule has 1 heterocycles. The number of nitrogens with two attached hydrogens (primary N) is 1. The molecule has 0 spiro atoms. The average molecular weight is 348 g/mol. The largest absolute Gasteiger partial charge is 0.467 e. The standard InChI is InChI=1S/C15H25N3O4.ClH/c1-22-15(21)12(8-10-3-2-6-17-13(10)19)18-14(20)11(16)7-9-4-5-9;/h9-12H,2-8,16H2,1H3,(H,17,19)(H,18,20);1H. The van der Waals surface area contributed by atoms with E-state index >= 15 is 0 Å². The second-order valence-corrected chi connectivity index (χ2v) is 6.24. The summed E-state index contributed by atoms with van der Waals surface area (Å²) in [7, 11) is 1.27. The highest BCUT2D eigenvalue weighted by Gasteiger charge is 2.33. The van der Waals surface area contributed by atoms with Gasteiger partial charge in [-0.15, -0.1) is 12.4 Å². The maximum atomic E-state index is 12.1. The first-order valence-corrected chi connectivity index (χ1v) is 7.92. The van der Waals surface area contributed by atoms with Gasteiger partial charge in [0.25, 0.3) is 0 Å². The molecule has 2 amide bonds. The lowest BCUT2D eigenvalue weighted by molar-refractivity contribution is -0.146. The van der Waals surface area contributed by atoms with Gasteiger partial charge in [-0.3, -0.25) is 9.59 Å². The van der Waals surface area contributed by atoms with Crippen molar-refractivity contribution in [2.45, 2.75) is 50.6 Å². The van der Waals surface area contributed by atoms with Crippen LogP contribution in [0.2, 0.25) is 0 Å². The third kappa shape index (κ3) is 5.99. The van der Waals surface area contributed by atoms with Gasteiger partial charge in [0.2, 0.25) is 11.8 Å². The number of rotatable bonds is 7. The zero-order valence-corrected chi connectivity index (χ0v) is 14.2. The quantitative estimate of drug-likeness (QED) is 0.566. The zero-order chi connectivity index (χ0) is 16.1. The van der Waals surface area contributed by atoms with Crippen molar-refractivity contribution in [2.24, 2.45) is 17.6 Å². The molecule has 3 unspecified atom stereocenters. The minimum atomic E-state index is -0.823. The van der Waals surface area contributed by atoms with Gasteiger partial charge in [0.05, 0.1) is 13.2 Å². The van der Waals surface area contributed by atoms with Crippen LogP contribution in [0.25, 0.3) is 0 Å². The molecule has 1 saturated carbocycles. The van der Waals surface area contributed by atoms with E-state index in [4.69, 9.17) is 10.5 Å². The minimum absolute atomic E-state index is 0. The van der Waals surface area contributed by atoms with Gasteiger partial charge in [0.1, 0.15) is 6.04 Å². The second kappa shape index (κ2) is 9.08. The van der Waals surface area contributed by atoms with Crippen molar-refractivity contribution in [1.29, 1.82) is 0 Å². The van der Waals surface area contributed by atoms with Crippen LogP contribution in [0.15, 0.2) is 0 Å². The number of ether oxygens (including phenoxy) is 1. The molecule has 2 fully saturated rings. The number of hydrogen-bond acceptors (Lipinski definition) is 5. The van der Waals surface area contributed by atoms with E-state index in [0.717, 1.165) is 19.3 Å². The summed E-state index contributed by atoms with van der Waals surface area (Å²) in [5.74, 6) is -0.709. The number of piperidine rings is 1. The number of nitrogens with one attached hydrogen (secondary N) is 2. The SMILES string of the molecule is COC(=O)C(CC1CCCNC1=O)NC(=O)C(N)CC1CC1.Cl. The fourth-order valence-corrected chi connectivity index (χ4v) is 2.80. The maximum absolute atomic E-state index is 12.1. The summed E-state index contributed by atoms with van der Waals surface area (Å²) in [6.45, 7) is 0.664. The van der Waals surface area contributed by atoms with Crippen LogP contribution in [0, 0.1) is 11.8 Å². The van der Waals surface area contributed by atoms with Crippen molar-refractivity contribution in [3.05, 3.63) is 0 Å². The average Bonchev–Trinajstić information content (AvgIpc) is 3.31. The van der Waals surface area contributed by atoms with Crippen molar-refractivity contribution in [2.75, 3.05) is 13.7 Å². The van der Waals surface area contributed by atoms with E-state index in [1.165, 1.54) is 7.11 Å². The van der Waals surface area contributed by atoms with Gasteiger partial charge in [-0.1, -0.05) is 12.8 Å². The first-order chi connectivity index (χ1) is 10.5. The van der Waals surface area contributed by atoms with Crippen LogP contribution in [-0.4, -0.2) is 43.5 Å². The molecular weight excluding hydrogens is 322 g/mol. The fraction of sp³-hybridized carbons (Fsp3) is 0.800. The predicted octanol–water partition coefficient (Wildman–Crippen LogP) is 0.110. The summed E-state index contributed by atoms with van der Waals surface area (Å²) < 4.78 is 4.74. The van der Waals surface area contributed by atoms with Crippen LogP contribution in [0.3, 0.4) is 0 Å². The Morgan fingerprint density at radius 3 is 2.61 bits per heavy atom. The Morgan fingerprint density at radius 2 is 2.04 bits per heavy atom. The highest BCUT2D eigenvalue weighted by atomic mass is 35.5. The van der Waals surface area contributed by atoms with Crippen LogP contribution in [0.5, 0.6) is 0 Å². The van der Waals surface area contributed by atoms with E-state index in [1.54, 1.807) is 0 Å². The summed E-state index contributed by atoms with van der Waals surface area (Å²) in [4.78, 5) is 35.8. The van der Waals surface area contributed by atoms with E-state index in [0.29, 0.717) is 25.3 Å². The van der Waals surface area contributed by atoms with Crippen LogP contribution >= 0.6 is 12.4 Å². The van der Waals surface area contributed by atoms with Crippen molar-refractivity contribution in [3.8, 4) is 0 Å². The summed E-state index contributed by atoms with van der Waals surface area (Å²) in [5.41, 5.74) is 5.87. The normalized spacial score (nSPS) is 23.0. The van der Waals surface area contributed by atoms with E-state index in [1.807, 2.05) is 0 Å². The molecule has 2 rings (SSSR count). The lowest BCUT2D eigenvalue weighted by Crippen LogP contribution is -2.51. The molecule has 0 radical (unpaired) electrons. The number of amides is 2. The summed E-state index contributed by atoms with van der Waals surface area (Å²) in [6, 6.07) is -1.43. The molecule has 0 aromatic rings. The molecule has 132 valence electrons. The van der Waals surface area contributed by atoms with Crippen LogP contribution in [-0.2, 0) is 19.1 Å². The van der Waals surface area contributed by atoms with Gasteiger partial charge in [0.15, 0.2) is 0 Å². The van der Waals surface area contributed by atoms with E-state index in [2.05, 4.69) is 10.6 Å². The molecule has 1 saturated heterocycles. The Hall–Kier alpha value is -1.34. The second-order valence-electron chi connectivity index (χ2n) is 6.24. The van der Waals surface area contributed by atoms with Gasteiger partial charge in [-0.2, -0.15) is 0 Å². The monoisotopic (exact) mass is 347 g/mol.